The zero-order valence-electron chi connectivity index (χ0n) is 14.0. The maximum absolute atomic E-state index is 12.2. The van der Waals surface area contributed by atoms with Gasteiger partial charge in [0.2, 0.25) is 0 Å². The lowest BCUT2D eigenvalue weighted by atomic mass is 10.1. The molecule has 2 amide bonds. The maximum atomic E-state index is 12.2. The second-order valence-electron chi connectivity index (χ2n) is 5.74. The summed E-state index contributed by atoms with van der Waals surface area (Å²) in [6.45, 7) is 1.93. The number of rotatable bonds is 4. The third kappa shape index (κ3) is 3.40. The molecule has 0 aliphatic rings. The van der Waals surface area contributed by atoms with Gasteiger partial charge in [-0.2, -0.15) is 5.10 Å². The topological polar surface area (TPSA) is 84.7 Å². The van der Waals surface area contributed by atoms with Crippen molar-refractivity contribution >= 4 is 32.7 Å². The highest BCUT2D eigenvalue weighted by molar-refractivity contribution is 7.22. The van der Waals surface area contributed by atoms with Gasteiger partial charge in [0.1, 0.15) is 12.7 Å². The number of benzene rings is 2. The number of anilines is 1. The summed E-state index contributed by atoms with van der Waals surface area (Å²) in [4.78, 5) is 20.6. The van der Waals surface area contributed by atoms with Gasteiger partial charge >= 0.3 is 6.03 Å². The summed E-state index contributed by atoms with van der Waals surface area (Å²) in [5, 5.41) is 10.4. The molecule has 130 valence electrons. The average Bonchev–Trinajstić information content (AvgIpc) is 3.31. The molecule has 0 fully saturated rings. The fraction of sp³-hybridized carbons (Fsp3) is 0.111. The summed E-state index contributed by atoms with van der Waals surface area (Å²) in [5.74, 6) is 0. The number of carbonyl (C=O) groups excluding carboxylic acids is 1. The highest BCUT2D eigenvalue weighted by Gasteiger charge is 2.12. The van der Waals surface area contributed by atoms with Crippen molar-refractivity contribution in [2.45, 2.75) is 13.0 Å². The van der Waals surface area contributed by atoms with E-state index in [9.17, 15) is 4.79 Å². The Labute approximate surface area is 153 Å². The molecule has 0 aliphatic heterocycles. The number of hydrogen-bond acceptors (Lipinski definition) is 5. The molecule has 2 aromatic carbocycles. The Morgan fingerprint density at radius 1 is 1.15 bits per heavy atom. The molecular formula is C18H16N6OS. The van der Waals surface area contributed by atoms with Gasteiger partial charge in [-0.3, -0.25) is 5.32 Å². The number of para-hydroxylation sites is 1. The molecule has 8 heteroatoms. The van der Waals surface area contributed by atoms with Crippen molar-refractivity contribution in [2.24, 2.45) is 0 Å². The zero-order chi connectivity index (χ0) is 17.9. The third-order valence-electron chi connectivity index (χ3n) is 3.94. The largest absolute Gasteiger partial charge is 0.331 e. The minimum absolute atomic E-state index is 0.144. The lowest BCUT2D eigenvalue weighted by Crippen LogP contribution is -2.31. The van der Waals surface area contributed by atoms with Gasteiger partial charge in [-0.05, 0) is 36.8 Å². The summed E-state index contributed by atoms with van der Waals surface area (Å²) in [5.41, 5.74) is 2.79. The number of carbonyl (C=O) groups is 1. The van der Waals surface area contributed by atoms with Gasteiger partial charge in [-0.1, -0.05) is 35.6 Å². The lowest BCUT2D eigenvalue weighted by molar-refractivity contribution is 0.249. The second-order valence-corrected chi connectivity index (χ2v) is 6.77. The van der Waals surface area contributed by atoms with Crippen LogP contribution >= 0.6 is 11.3 Å². The SMILES string of the molecule is CC(NC(=O)Nc1nc2ccccc2s1)c1ccc(-n2cncn2)cc1. The number of urea groups is 1. The van der Waals surface area contributed by atoms with Gasteiger partial charge in [0.25, 0.3) is 0 Å². The number of aromatic nitrogens is 4. The van der Waals surface area contributed by atoms with Crippen LogP contribution in [0, 0.1) is 0 Å². The van der Waals surface area contributed by atoms with E-state index >= 15 is 0 Å². The van der Waals surface area contributed by atoms with Crippen LogP contribution in [0.2, 0.25) is 0 Å². The molecular weight excluding hydrogens is 348 g/mol. The molecule has 26 heavy (non-hydrogen) atoms. The number of fused-ring (bicyclic) bond motifs is 1. The summed E-state index contributed by atoms with van der Waals surface area (Å²) in [6.07, 6.45) is 3.13. The molecule has 4 aromatic rings. The van der Waals surface area contributed by atoms with Crippen LogP contribution in [0.1, 0.15) is 18.5 Å². The van der Waals surface area contributed by atoms with Crippen LogP contribution in [0.25, 0.3) is 15.9 Å². The van der Waals surface area contributed by atoms with Crippen molar-refractivity contribution in [3.8, 4) is 5.69 Å². The van der Waals surface area contributed by atoms with Crippen molar-refractivity contribution in [1.29, 1.82) is 0 Å². The number of nitrogens with one attached hydrogen (secondary N) is 2. The summed E-state index contributed by atoms with van der Waals surface area (Å²) in [7, 11) is 0. The van der Waals surface area contributed by atoms with E-state index in [2.05, 4.69) is 25.7 Å². The molecule has 0 bridgehead atoms. The summed E-state index contributed by atoms with van der Waals surface area (Å²) >= 11 is 1.45. The minimum atomic E-state index is -0.281. The van der Waals surface area contributed by atoms with Gasteiger partial charge in [-0.15, -0.1) is 0 Å². The molecule has 2 N–H and O–H groups in total. The Hall–Kier alpha value is -3.26. The molecule has 4 rings (SSSR count). The van der Waals surface area contributed by atoms with Gasteiger partial charge in [0.05, 0.1) is 21.9 Å². The van der Waals surface area contributed by atoms with Crippen LogP contribution in [0.15, 0.2) is 61.2 Å². The van der Waals surface area contributed by atoms with Crippen molar-refractivity contribution < 1.29 is 4.79 Å². The second kappa shape index (κ2) is 6.93. The maximum Gasteiger partial charge on any atom is 0.321 e. The minimum Gasteiger partial charge on any atom is -0.331 e. The molecule has 2 heterocycles. The third-order valence-corrected chi connectivity index (χ3v) is 4.89. The summed E-state index contributed by atoms with van der Waals surface area (Å²) in [6, 6.07) is 15.2. The van der Waals surface area contributed by atoms with Gasteiger partial charge in [-0.25, -0.2) is 19.4 Å². The van der Waals surface area contributed by atoms with Gasteiger partial charge in [0.15, 0.2) is 5.13 Å². The molecule has 7 nitrogen and oxygen atoms in total. The number of nitrogens with zero attached hydrogens (tertiary/aromatic N) is 4. The standard InChI is InChI=1S/C18H16N6OS/c1-12(13-6-8-14(9-7-13)24-11-19-10-20-24)21-17(25)23-18-22-15-4-2-3-5-16(15)26-18/h2-12H,1H3,(H2,21,22,23,25). The van der Waals surface area contributed by atoms with Crippen LogP contribution in [-0.2, 0) is 0 Å². The first-order chi connectivity index (χ1) is 12.7. The highest BCUT2D eigenvalue weighted by Crippen LogP contribution is 2.25. The monoisotopic (exact) mass is 364 g/mol. The zero-order valence-corrected chi connectivity index (χ0v) is 14.8. The van der Waals surface area contributed by atoms with E-state index in [1.807, 2.05) is 55.5 Å². The van der Waals surface area contributed by atoms with Crippen LogP contribution in [0.3, 0.4) is 0 Å². The van der Waals surface area contributed by atoms with Crippen LogP contribution in [-0.4, -0.2) is 25.8 Å². The van der Waals surface area contributed by atoms with E-state index in [4.69, 9.17) is 0 Å². The fourth-order valence-corrected chi connectivity index (χ4v) is 3.46. The Bertz CT molecular complexity index is 992. The molecule has 0 radical (unpaired) electrons. The number of amides is 2. The Morgan fingerprint density at radius 3 is 2.69 bits per heavy atom. The Kier molecular flexibility index (Phi) is 4.32. The van der Waals surface area contributed by atoms with E-state index in [1.165, 1.54) is 17.7 Å². The van der Waals surface area contributed by atoms with E-state index < -0.39 is 0 Å². The number of hydrogen-bond donors (Lipinski definition) is 2. The van der Waals surface area contributed by atoms with Crippen molar-refractivity contribution in [1.82, 2.24) is 25.1 Å². The van der Waals surface area contributed by atoms with Crippen molar-refractivity contribution in [3.63, 3.8) is 0 Å². The fourth-order valence-electron chi connectivity index (χ4n) is 2.60. The highest BCUT2D eigenvalue weighted by atomic mass is 32.1. The van der Waals surface area contributed by atoms with Gasteiger partial charge in [0, 0.05) is 0 Å². The molecule has 1 atom stereocenters. The summed E-state index contributed by atoms with van der Waals surface area (Å²) < 4.78 is 2.72. The molecule has 0 saturated carbocycles. The first kappa shape index (κ1) is 16.2. The molecule has 0 aliphatic carbocycles. The van der Waals surface area contributed by atoms with E-state index in [1.54, 1.807) is 11.0 Å². The number of thiazole rings is 1. The molecule has 2 aromatic heterocycles. The first-order valence-electron chi connectivity index (χ1n) is 8.07. The normalized spacial score (nSPS) is 12.0. The Balaban J connectivity index is 1.40. The molecule has 0 saturated heterocycles. The van der Waals surface area contributed by atoms with Crippen molar-refractivity contribution in [3.05, 3.63) is 66.7 Å². The smallest absolute Gasteiger partial charge is 0.321 e. The predicted molar refractivity (Wildman–Crippen MR) is 102 cm³/mol. The quantitative estimate of drug-likeness (QED) is 0.577. The van der Waals surface area contributed by atoms with E-state index in [0.717, 1.165) is 21.5 Å². The van der Waals surface area contributed by atoms with E-state index in [0.29, 0.717) is 5.13 Å². The lowest BCUT2D eigenvalue weighted by Gasteiger charge is -2.14. The predicted octanol–water partition coefficient (Wildman–Crippen LogP) is 3.76. The van der Waals surface area contributed by atoms with E-state index in [-0.39, 0.29) is 12.1 Å². The van der Waals surface area contributed by atoms with Crippen LogP contribution < -0.4 is 10.6 Å². The van der Waals surface area contributed by atoms with Crippen LogP contribution in [0.5, 0.6) is 0 Å². The molecule has 0 spiro atoms. The van der Waals surface area contributed by atoms with Crippen LogP contribution in [0.4, 0.5) is 9.93 Å². The van der Waals surface area contributed by atoms with Crippen molar-refractivity contribution in [2.75, 3.05) is 5.32 Å². The average molecular weight is 364 g/mol. The molecule has 1 unspecified atom stereocenters. The first-order valence-corrected chi connectivity index (χ1v) is 8.89. The van der Waals surface area contributed by atoms with Gasteiger partial charge < -0.3 is 5.32 Å². The Morgan fingerprint density at radius 2 is 1.96 bits per heavy atom.